The first-order valence-electron chi connectivity index (χ1n) is 6.64. The molecule has 2 aromatic rings. The third-order valence-corrected chi connectivity index (χ3v) is 3.53. The highest BCUT2D eigenvalue weighted by Gasteiger charge is 2.12. The third kappa shape index (κ3) is 3.73. The Hall–Kier alpha value is -1.54. The molecule has 0 atom stereocenters. The molecule has 0 bridgehead atoms. The molecule has 0 aromatic heterocycles. The van der Waals surface area contributed by atoms with E-state index in [0.29, 0.717) is 6.54 Å². The molecule has 106 valence electrons. The van der Waals surface area contributed by atoms with Crippen LogP contribution in [0.5, 0.6) is 0 Å². The van der Waals surface area contributed by atoms with E-state index in [9.17, 15) is 4.39 Å². The molecule has 0 radical (unpaired) electrons. The largest absolute Gasteiger partial charge is 0.381 e. The molecular formula is C17H19ClFN. The number of hydrogen-bond donors (Lipinski definition) is 1. The standard InChI is InChI=1S/C17H19ClFN/c1-17(2,3)13-6-4-12(5-7-13)11-20-14-8-9-16(19)15(18)10-14/h4-10,20H,11H2,1-3H3. The van der Waals surface area contributed by atoms with Gasteiger partial charge in [-0.3, -0.25) is 0 Å². The van der Waals surface area contributed by atoms with E-state index in [0.717, 1.165) is 5.69 Å². The van der Waals surface area contributed by atoms with Crippen LogP contribution in [0.15, 0.2) is 42.5 Å². The molecule has 2 rings (SSSR count). The number of anilines is 1. The summed E-state index contributed by atoms with van der Waals surface area (Å²) in [5, 5.41) is 3.37. The second-order valence-electron chi connectivity index (χ2n) is 5.93. The van der Waals surface area contributed by atoms with Crippen molar-refractivity contribution in [3.63, 3.8) is 0 Å². The van der Waals surface area contributed by atoms with E-state index in [1.165, 1.54) is 17.2 Å². The number of hydrogen-bond acceptors (Lipinski definition) is 1. The predicted molar refractivity (Wildman–Crippen MR) is 83.9 cm³/mol. The van der Waals surface area contributed by atoms with Crippen LogP contribution in [-0.4, -0.2) is 0 Å². The molecule has 0 spiro atoms. The molecule has 0 saturated heterocycles. The van der Waals surface area contributed by atoms with Gasteiger partial charge in [0.1, 0.15) is 5.82 Å². The van der Waals surface area contributed by atoms with Gasteiger partial charge in [0.15, 0.2) is 0 Å². The summed E-state index contributed by atoms with van der Waals surface area (Å²) in [6, 6.07) is 13.2. The summed E-state index contributed by atoms with van der Waals surface area (Å²) in [4.78, 5) is 0. The minimum absolute atomic E-state index is 0.137. The fraction of sp³-hybridized carbons (Fsp3) is 0.294. The van der Waals surface area contributed by atoms with Crippen LogP contribution in [0.2, 0.25) is 5.02 Å². The van der Waals surface area contributed by atoms with Crippen molar-refractivity contribution in [1.29, 1.82) is 0 Å². The van der Waals surface area contributed by atoms with Crippen LogP contribution in [-0.2, 0) is 12.0 Å². The quantitative estimate of drug-likeness (QED) is 0.799. The zero-order valence-electron chi connectivity index (χ0n) is 12.0. The Morgan fingerprint density at radius 1 is 1.05 bits per heavy atom. The van der Waals surface area contributed by atoms with Crippen LogP contribution in [0.4, 0.5) is 10.1 Å². The highest BCUT2D eigenvalue weighted by atomic mass is 35.5. The van der Waals surface area contributed by atoms with E-state index in [2.05, 4.69) is 50.4 Å². The molecule has 0 unspecified atom stereocenters. The van der Waals surface area contributed by atoms with Crippen molar-refractivity contribution in [3.05, 3.63) is 64.4 Å². The molecule has 0 aliphatic heterocycles. The van der Waals surface area contributed by atoms with Gasteiger partial charge in [0.25, 0.3) is 0 Å². The lowest BCUT2D eigenvalue weighted by atomic mass is 9.87. The monoisotopic (exact) mass is 291 g/mol. The fourth-order valence-corrected chi connectivity index (χ4v) is 2.11. The van der Waals surface area contributed by atoms with Crippen molar-refractivity contribution < 1.29 is 4.39 Å². The van der Waals surface area contributed by atoms with Crippen molar-refractivity contribution in [2.75, 3.05) is 5.32 Å². The maximum Gasteiger partial charge on any atom is 0.141 e. The molecule has 0 fully saturated rings. The zero-order valence-corrected chi connectivity index (χ0v) is 12.8. The minimum atomic E-state index is -0.397. The molecule has 3 heteroatoms. The van der Waals surface area contributed by atoms with Gasteiger partial charge in [-0.05, 0) is 34.7 Å². The first-order chi connectivity index (χ1) is 9.36. The van der Waals surface area contributed by atoms with Crippen LogP contribution < -0.4 is 5.32 Å². The Bertz CT molecular complexity index is 585. The lowest BCUT2D eigenvalue weighted by molar-refractivity contribution is 0.590. The van der Waals surface area contributed by atoms with Gasteiger partial charge in [0.2, 0.25) is 0 Å². The molecule has 1 nitrogen and oxygen atoms in total. The molecule has 0 saturated carbocycles. The fourth-order valence-electron chi connectivity index (χ4n) is 1.93. The van der Waals surface area contributed by atoms with E-state index in [-0.39, 0.29) is 10.4 Å². The topological polar surface area (TPSA) is 12.0 Å². The first-order valence-corrected chi connectivity index (χ1v) is 7.02. The van der Waals surface area contributed by atoms with Gasteiger partial charge >= 0.3 is 0 Å². The molecule has 0 amide bonds. The van der Waals surface area contributed by atoms with Gasteiger partial charge in [-0.2, -0.15) is 0 Å². The summed E-state index contributed by atoms with van der Waals surface area (Å²) in [7, 11) is 0. The molecule has 1 N–H and O–H groups in total. The summed E-state index contributed by atoms with van der Waals surface area (Å²) < 4.78 is 13.1. The minimum Gasteiger partial charge on any atom is -0.381 e. The second-order valence-corrected chi connectivity index (χ2v) is 6.34. The highest BCUT2D eigenvalue weighted by molar-refractivity contribution is 6.31. The second kappa shape index (κ2) is 5.84. The summed E-state index contributed by atoms with van der Waals surface area (Å²) in [5.74, 6) is -0.397. The SMILES string of the molecule is CC(C)(C)c1ccc(CNc2ccc(F)c(Cl)c2)cc1. The van der Waals surface area contributed by atoms with Gasteiger partial charge in [-0.15, -0.1) is 0 Å². The van der Waals surface area contributed by atoms with Crippen molar-refractivity contribution in [2.24, 2.45) is 0 Å². The number of benzene rings is 2. The summed E-state index contributed by atoms with van der Waals surface area (Å²) in [6.07, 6.45) is 0. The zero-order chi connectivity index (χ0) is 14.8. The lowest BCUT2D eigenvalue weighted by Crippen LogP contribution is -2.11. The van der Waals surface area contributed by atoms with Crippen LogP contribution in [0, 0.1) is 5.82 Å². The number of nitrogens with one attached hydrogen (secondary N) is 1. The Morgan fingerprint density at radius 2 is 1.70 bits per heavy atom. The summed E-state index contributed by atoms with van der Waals surface area (Å²) in [5.41, 5.74) is 3.47. The van der Waals surface area contributed by atoms with Gasteiger partial charge in [0.05, 0.1) is 5.02 Å². The Labute approximate surface area is 124 Å². The Balaban J connectivity index is 2.02. The number of rotatable bonds is 3. The number of halogens is 2. The predicted octanol–water partition coefficient (Wildman–Crippen LogP) is 5.39. The average molecular weight is 292 g/mol. The maximum atomic E-state index is 13.1. The van der Waals surface area contributed by atoms with Crippen LogP contribution in [0.25, 0.3) is 0 Å². The van der Waals surface area contributed by atoms with Crippen molar-refractivity contribution >= 4 is 17.3 Å². The molecule has 0 aliphatic carbocycles. The van der Waals surface area contributed by atoms with E-state index >= 15 is 0 Å². The molecule has 0 aliphatic rings. The van der Waals surface area contributed by atoms with Crippen LogP contribution in [0.3, 0.4) is 0 Å². The van der Waals surface area contributed by atoms with E-state index < -0.39 is 5.82 Å². The average Bonchev–Trinajstić information content (AvgIpc) is 2.40. The Kier molecular flexibility index (Phi) is 4.34. The molecule has 0 heterocycles. The third-order valence-electron chi connectivity index (χ3n) is 3.24. The Morgan fingerprint density at radius 3 is 2.25 bits per heavy atom. The van der Waals surface area contributed by atoms with Crippen molar-refractivity contribution in [3.8, 4) is 0 Å². The molecule has 20 heavy (non-hydrogen) atoms. The molecule has 2 aromatic carbocycles. The van der Waals surface area contributed by atoms with Crippen LogP contribution in [0.1, 0.15) is 31.9 Å². The highest BCUT2D eigenvalue weighted by Crippen LogP contribution is 2.23. The maximum absolute atomic E-state index is 13.1. The van der Waals surface area contributed by atoms with Crippen molar-refractivity contribution in [2.45, 2.75) is 32.7 Å². The van der Waals surface area contributed by atoms with Gasteiger partial charge < -0.3 is 5.32 Å². The lowest BCUT2D eigenvalue weighted by Gasteiger charge is -2.19. The smallest absolute Gasteiger partial charge is 0.141 e. The van der Waals surface area contributed by atoms with Gasteiger partial charge in [0, 0.05) is 12.2 Å². The van der Waals surface area contributed by atoms with Gasteiger partial charge in [-0.1, -0.05) is 56.6 Å². The van der Waals surface area contributed by atoms with E-state index in [1.54, 1.807) is 12.1 Å². The van der Waals surface area contributed by atoms with Crippen LogP contribution >= 0.6 is 11.6 Å². The van der Waals surface area contributed by atoms with Crippen molar-refractivity contribution in [1.82, 2.24) is 0 Å². The first kappa shape index (κ1) is 14.9. The summed E-state index contributed by atoms with van der Waals surface area (Å²) in [6.45, 7) is 7.27. The normalized spacial score (nSPS) is 11.4. The molecular weight excluding hydrogens is 273 g/mol. The van der Waals surface area contributed by atoms with Gasteiger partial charge in [-0.25, -0.2) is 4.39 Å². The van der Waals surface area contributed by atoms with E-state index in [4.69, 9.17) is 11.6 Å². The van der Waals surface area contributed by atoms with E-state index in [1.807, 2.05) is 0 Å². The summed E-state index contributed by atoms with van der Waals surface area (Å²) >= 11 is 5.75.